The highest BCUT2D eigenvalue weighted by Gasteiger charge is 2.25. The van der Waals surface area contributed by atoms with E-state index in [-0.39, 0.29) is 5.41 Å². The Kier molecular flexibility index (Phi) is 2.83. The van der Waals surface area contributed by atoms with E-state index in [1.165, 1.54) is 24.8 Å². The van der Waals surface area contributed by atoms with Gasteiger partial charge in [-0.3, -0.25) is 0 Å². The summed E-state index contributed by atoms with van der Waals surface area (Å²) in [4.78, 5) is 0. The van der Waals surface area contributed by atoms with Crippen LogP contribution in [0.4, 0.5) is 0 Å². The molecule has 0 aromatic heterocycles. The second kappa shape index (κ2) is 3.97. The molecule has 0 unspecified atom stereocenters. The summed E-state index contributed by atoms with van der Waals surface area (Å²) in [6.45, 7) is 5.40. The minimum absolute atomic E-state index is 0.241. The second-order valence-corrected chi connectivity index (χ2v) is 5.22. The summed E-state index contributed by atoms with van der Waals surface area (Å²) in [6, 6.07) is 6.78. The van der Waals surface area contributed by atoms with Gasteiger partial charge in [0.15, 0.2) is 0 Å². The van der Waals surface area contributed by atoms with Crippen LogP contribution < -0.4 is 5.73 Å². The molecule has 1 nitrogen and oxygen atoms in total. The Labute approximate surface area is 92.7 Å². The van der Waals surface area contributed by atoms with E-state index in [1.54, 1.807) is 11.1 Å². The quantitative estimate of drug-likeness (QED) is 0.803. The average molecular weight is 203 g/mol. The highest BCUT2D eigenvalue weighted by Crippen LogP contribution is 2.34. The van der Waals surface area contributed by atoms with Crippen molar-refractivity contribution in [3.8, 4) is 0 Å². The van der Waals surface area contributed by atoms with Gasteiger partial charge in [0.2, 0.25) is 0 Å². The molecule has 1 aromatic carbocycles. The topological polar surface area (TPSA) is 26.0 Å². The molecule has 0 radical (unpaired) electrons. The number of nitrogens with two attached hydrogens (primary N) is 1. The number of benzene rings is 1. The molecule has 15 heavy (non-hydrogen) atoms. The average Bonchev–Trinajstić information content (AvgIpc) is 2.64. The standard InChI is InChI=1S/C14H21N/c1-14(2,9-10-15)13-8-4-6-11-5-3-7-12(11)13/h4,6,8H,3,5,7,9-10,15H2,1-2H3. The smallest absolute Gasteiger partial charge is 0.00690 e. The lowest BCUT2D eigenvalue weighted by Crippen LogP contribution is -2.23. The van der Waals surface area contributed by atoms with Crippen LogP contribution in [-0.4, -0.2) is 6.54 Å². The van der Waals surface area contributed by atoms with Gasteiger partial charge in [0.05, 0.1) is 0 Å². The molecule has 0 saturated heterocycles. The first-order valence-corrected chi connectivity index (χ1v) is 5.96. The lowest BCUT2D eigenvalue weighted by Gasteiger charge is -2.27. The molecule has 2 rings (SSSR count). The SMILES string of the molecule is CC(C)(CCN)c1cccc2c1CCC2. The van der Waals surface area contributed by atoms with E-state index < -0.39 is 0 Å². The van der Waals surface area contributed by atoms with Crippen molar-refractivity contribution in [2.45, 2.75) is 44.9 Å². The van der Waals surface area contributed by atoms with Gasteiger partial charge in [-0.2, -0.15) is 0 Å². The first-order chi connectivity index (χ1) is 7.15. The molecule has 1 heteroatoms. The van der Waals surface area contributed by atoms with Crippen LogP contribution in [0.2, 0.25) is 0 Å². The van der Waals surface area contributed by atoms with Crippen LogP contribution in [0.25, 0.3) is 0 Å². The summed E-state index contributed by atoms with van der Waals surface area (Å²) in [5.74, 6) is 0. The Bertz CT molecular complexity index is 352. The van der Waals surface area contributed by atoms with Crippen molar-refractivity contribution in [2.24, 2.45) is 5.73 Å². The van der Waals surface area contributed by atoms with E-state index >= 15 is 0 Å². The Morgan fingerprint density at radius 3 is 2.80 bits per heavy atom. The first kappa shape index (κ1) is 10.7. The van der Waals surface area contributed by atoms with Crippen molar-refractivity contribution in [1.29, 1.82) is 0 Å². The maximum Gasteiger partial charge on any atom is -0.00690 e. The van der Waals surface area contributed by atoms with Gasteiger partial charge in [-0.25, -0.2) is 0 Å². The summed E-state index contributed by atoms with van der Waals surface area (Å²) in [6.07, 6.45) is 4.93. The van der Waals surface area contributed by atoms with Crippen LogP contribution >= 0.6 is 0 Å². The van der Waals surface area contributed by atoms with Gasteiger partial charge in [0, 0.05) is 0 Å². The van der Waals surface area contributed by atoms with E-state index in [0.29, 0.717) is 0 Å². The van der Waals surface area contributed by atoms with Gasteiger partial charge in [-0.05, 0) is 54.3 Å². The molecule has 0 heterocycles. The third kappa shape index (κ3) is 1.93. The number of hydrogen-bond donors (Lipinski definition) is 1. The van der Waals surface area contributed by atoms with Crippen LogP contribution in [0, 0.1) is 0 Å². The summed E-state index contributed by atoms with van der Waals surface area (Å²) in [5.41, 5.74) is 10.6. The van der Waals surface area contributed by atoms with Crippen molar-refractivity contribution in [3.05, 3.63) is 34.9 Å². The van der Waals surface area contributed by atoms with Crippen molar-refractivity contribution in [3.63, 3.8) is 0 Å². The zero-order valence-corrected chi connectivity index (χ0v) is 9.84. The molecule has 1 aliphatic carbocycles. The predicted molar refractivity (Wildman–Crippen MR) is 65.2 cm³/mol. The Balaban J connectivity index is 2.40. The third-order valence-corrected chi connectivity index (χ3v) is 3.64. The minimum Gasteiger partial charge on any atom is -0.330 e. The van der Waals surface area contributed by atoms with Gasteiger partial charge in [-0.15, -0.1) is 0 Å². The zero-order valence-electron chi connectivity index (χ0n) is 9.84. The molecule has 2 N–H and O–H groups in total. The molecule has 82 valence electrons. The largest absolute Gasteiger partial charge is 0.330 e. The van der Waals surface area contributed by atoms with E-state index in [1.807, 2.05) is 0 Å². The van der Waals surface area contributed by atoms with Crippen LogP contribution in [0.1, 0.15) is 43.4 Å². The molecule has 0 spiro atoms. The molecule has 0 atom stereocenters. The van der Waals surface area contributed by atoms with Gasteiger partial charge in [-0.1, -0.05) is 32.0 Å². The molecule has 0 saturated carbocycles. The lowest BCUT2D eigenvalue weighted by molar-refractivity contribution is 0.484. The summed E-state index contributed by atoms with van der Waals surface area (Å²) in [5, 5.41) is 0. The van der Waals surface area contributed by atoms with Crippen LogP contribution in [0.15, 0.2) is 18.2 Å². The highest BCUT2D eigenvalue weighted by atomic mass is 14.5. The van der Waals surface area contributed by atoms with Crippen molar-refractivity contribution < 1.29 is 0 Å². The van der Waals surface area contributed by atoms with Crippen molar-refractivity contribution in [2.75, 3.05) is 6.54 Å². The van der Waals surface area contributed by atoms with Crippen molar-refractivity contribution in [1.82, 2.24) is 0 Å². The Hall–Kier alpha value is -0.820. The fourth-order valence-corrected chi connectivity index (χ4v) is 2.75. The zero-order chi connectivity index (χ0) is 10.9. The maximum atomic E-state index is 5.70. The monoisotopic (exact) mass is 203 g/mol. The van der Waals surface area contributed by atoms with Gasteiger partial charge < -0.3 is 5.73 Å². The van der Waals surface area contributed by atoms with E-state index in [9.17, 15) is 0 Å². The molecule has 1 aromatic rings. The molecule has 0 amide bonds. The molecule has 0 bridgehead atoms. The Morgan fingerprint density at radius 2 is 2.07 bits per heavy atom. The highest BCUT2D eigenvalue weighted by molar-refractivity contribution is 5.42. The fourth-order valence-electron chi connectivity index (χ4n) is 2.75. The molecule has 1 aliphatic rings. The van der Waals surface area contributed by atoms with Gasteiger partial charge in [0.25, 0.3) is 0 Å². The fraction of sp³-hybridized carbons (Fsp3) is 0.571. The molecule has 0 aliphatic heterocycles. The van der Waals surface area contributed by atoms with E-state index in [4.69, 9.17) is 5.73 Å². The summed E-state index contributed by atoms with van der Waals surface area (Å²) >= 11 is 0. The van der Waals surface area contributed by atoms with E-state index in [0.717, 1.165) is 13.0 Å². The lowest BCUT2D eigenvalue weighted by atomic mass is 9.78. The molecule has 0 fully saturated rings. The minimum atomic E-state index is 0.241. The first-order valence-electron chi connectivity index (χ1n) is 5.96. The second-order valence-electron chi connectivity index (χ2n) is 5.22. The Morgan fingerprint density at radius 1 is 1.27 bits per heavy atom. The van der Waals surface area contributed by atoms with Crippen LogP contribution in [-0.2, 0) is 18.3 Å². The molecular weight excluding hydrogens is 182 g/mol. The number of rotatable bonds is 3. The maximum absolute atomic E-state index is 5.70. The third-order valence-electron chi connectivity index (χ3n) is 3.64. The van der Waals surface area contributed by atoms with Crippen molar-refractivity contribution >= 4 is 0 Å². The number of hydrogen-bond acceptors (Lipinski definition) is 1. The van der Waals surface area contributed by atoms with Gasteiger partial charge in [0.1, 0.15) is 0 Å². The van der Waals surface area contributed by atoms with Crippen LogP contribution in [0.3, 0.4) is 0 Å². The predicted octanol–water partition coefficient (Wildman–Crippen LogP) is 2.80. The van der Waals surface area contributed by atoms with Gasteiger partial charge >= 0.3 is 0 Å². The normalized spacial score (nSPS) is 15.4. The molecular formula is C14H21N. The summed E-state index contributed by atoms with van der Waals surface area (Å²) in [7, 11) is 0. The van der Waals surface area contributed by atoms with E-state index in [2.05, 4.69) is 32.0 Å². The number of fused-ring (bicyclic) bond motifs is 1. The number of aryl methyl sites for hydroxylation is 1. The summed E-state index contributed by atoms with van der Waals surface area (Å²) < 4.78 is 0. The van der Waals surface area contributed by atoms with Crippen LogP contribution in [0.5, 0.6) is 0 Å².